The van der Waals surface area contributed by atoms with E-state index in [9.17, 15) is 4.79 Å². The fourth-order valence-electron chi connectivity index (χ4n) is 2.44. The predicted molar refractivity (Wildman–Crippen MR) is 72.6 cm³/mol. The van der Waals surface area contributed by atoms with Crippen LogP contribution in [0.2, 0.25) is 0 Å². The summed E-state index contributed by atoms with van der Waals surface area (Å²) in [5.74, 6) is 0.300. The van der Waals surface area contributed by atoms with E-state index in [1.165, 1.54) is 0 Å². The number of rotatable bonds is 2. The molecule has 5 nitrogen and oxygen atoms in total. The molecule has 1 aliphatic rings. The van der Waals surface area contributed by atoms with Crippen molar-refractivity contribution < 1.29 is 14.6 Å². The maximum absolute atomic E-state index is 11.1. The van der Waals surface area contributed by atoms with E-state index < -0.39 is 5.97 Å². The summed E-state index contributed by atoms with van der Waals surface area (Å²) in [7, 11) is 0. The second-order valence-electron chi connectivity index (χ2n) is 4.63. The van der Waals surface area contributed by atoms with Gasteiger partial charge in [0.2, 0.25) is 0 Å². The van der Waals surface area contributed by atoms with Gasteiger partial charge in [0.05, 0.1) is 11.1 Å². The maximum atomic E-state index is 11.1. The average Bonchev–Trinajstić information content (AvgIpc) is 2.77. The molecule has 6 heteroatoms. The Morgan fingerprint density at radius 2 is 2.16 bits per heavy atom. The van der Waals surface area contributed by atoms with Crippen LogP contribution in [0.25, 0.3) is 5.52 Å². The van der Waals surface area contributed by atoms with Crippen LogP contribution < -0.4 is 0 Å². The summed E-state index contributed by atoms with van der Waals surface area (Å²) in [4.78, 5) is 15.6. The van der Waals surface area contributed by atoms with Crippen LogP contribution in [0.3, 0.4) is 0 Å². The fourth-order valence-corrected chi connectivity index (χ4v) is 2.95. The van der Waals surface area contributed by atoms with Crippen LogP contribution in [-0.4, -0.2) is 33.7 Å². The van der Waals surface area contributed by atoms with E-state index in [1.54, 1.807) is 18.3 Å². The van der Waals surface area contributed by atoms with Crippen LogP contribution in [0.15, 0.2) is 22.9 Å². The van der Waals surface area contributed by atoms with Gasteiger partial charge >= 0.3 is 5.97 Å². The lowest BCUT2D eigenvalue weighted by Crippen LogP contribution is -2.16. The van der Waals surface area contributed by atoms with Crippen molar-refractivity contribution in [2.75, 3.05) is 13.2 Å². The van der Waals surface area contributed by atoms with Gasteiger partial charge in [-0.1, -0.05) is 0 Å². The molecule has 3 rings (SSSR count). The molecule has 0 saturated carbocycles. The van der Waals surface area contributed by atoms with Gasteiger partial charge in [-0.25, -0.2) is 9.78 Å². The molecule has 0 radical (unpaired) electrons. The van der Waals surface area contributed by atoms with Crippen molar-refractivity contribution in [2.45, 2.75) is 18.8 Å². The summed E-state index contributed by atoms with van der Waals surface area (Å²) in [6.45, 7) is 1.46. The Balaban J connectivity index is 2.12. The highest BCUT2D eigenvalue weighted by atomic mass is 79.9. The number of hydrogen-bond acceptors (Lipinski definition) is 3. The molecule has 1 N–H and O–H groups in total. The Morgan fingerprint density at radius 1 is 1.42 bits per heavy atom. The zero-order chi connectivity index (χ0) is 13.4. The first-order valence-electron chi connectivity index (χ1n) is 6.15. The molecular formula is C13H13BrN2O3. The maximum Gasteiger partial charge on any atom is 0.337 e. The van der Waals surface area contributed by atoms with Gasteiger partial charge in [0.15, 0.2) is 0 Å². The number of carbonyl (C=O) groups is 1. The van der Waals surface area contributed by atoms with Gasteiger partial charge in [0.1, 0.15) is 10.4 Å². The highest BCUT2D eigenvalue weighted by molar-refractivity contribution is 9.10. The van der Waals surface area contributed by atoms with Gasteiger partial charge in [-0.3, -0.25) is 0 Å². The molecule has 0 amide bonds. The molecule has 1 fully saturated rings. The Hall–Kier alpha value is -1.40. The minimum atomic E-state index is -0.926. The third kappa shape index (κ3) is 2.26. The SMILES string of the molecule is O=C(O)c1ccc2c(Br)nc(C3CCOCC3)n2c1. The number of nitrogens with zero attached hydrogens (tertiary/aromatic N) is 2. The first-order chi connectivity index (χ1) is 9.16. The zero-order valence-corrected chi connectivity index (χ0v) is 11.8. The van der Waals surface area contributed by atoms with E-state index in [0.29, 0.717) is 5.92 Å². The zero-order valence-electron chi connectivity index (χ0n) is 10.2. The Kier molecular flexibility index (Phi) is 3.28. The second-order valence-corrected chi connectivity index (χ2v) is 5.38. The molecular weight excluding hydrogens is 312 g/mol. The number of hydrogen-bond donors (Lipinski definition) is 1. The van der Waals surface area contributed by atoms with Gasteiger partial charge < -0.3 is 14.2 Å². The Bertz CT molecular complexity index is 632. The van der Waals surface area contributed by atoms with Crippen molar-refractivity contribution >= 4 is 27.4 Å². The molecule has 0 bridgehead atoms. The molecule has 0 spiro atoms. The lowest BCUT2D eigenvalue weighted by atomic mass is 9.99. The fraction of sp³-hybridized carbons (Fsp3) is 0.385. The van der Waals surface area contributed by atoms with Gasteiger partial charge in [-0.2, -0.15) is 0 Å². The first-order valence-corrected chi connectivity index (χ1v) is 6.94. The standard InChI is InChI=1S/C13H13BrN2O3/c14-11-10-2-1-9(13(17)18)7-16(10)12(15-11)8-3-5-19-6-4-8/h1-2,7-8H,3-6H2,(H,17,18). The summed E-state index contributed by atoms with van der Waals surface area (Å²) in [6.07, 6.45) is 3.48. The number of aromatic nitrogens is 2. The van der Waals surface area contributed by atoms with E-state index in [1.807, 2.05) is 4.40 Å². The molecule has 2 aromatic heterocycles. The van der Waals surface area contributed by atoms with E-state index >= 15 is 0 Å². The summed E-state index contributed by atoms with van der Waals surface area (Å²) in [5.41, 5.74) is 1.16. The number of imidazole rings is 1. The van der Waals surface area contributed by atoms with E-state index in [-0.39, 0.29) is 5.56 Å². The minimum Gasteiger partial charge on any atom is -0.478 e. The third-order valence-electron chi connectivity index (χ3n) is 3.45. The molecule has 0 aliphatic carbocycles. The number of fused-ring (bicyclic) bond motifs is 1. The van der Waals surface area contributed by atoms with Crippen LogP contribution >= 0.6 is 15.9 Å². The quantitative estimate of drug-likeness (QED) is 0.922. The van der Waals surface area contributed by atoms with Crippen LogP contribution in [-0.2, 0) is 4.74 Å². The normalized spacial score (nSPS) is 16.9. The molecule has 100 valence electrons. The molecule has 19 heavy (non-hydrogen) atoms. The van der Waals surface area contributed by atoms with Gasteiger partial charge in [0.25, 0.3) is 0 Å². The number of pyridine rings is 1. The number of ether oxygens (including phenoxy) is 1. The van der Waals surface area contributed by atoms with Crippen molar-refractivity contribution in [3.63, 3.8) is 0 Å². The molecule has 2 aromatic rings. The molecule has 3 heterocycles. The number of carboxylic acids is 1. The molecule has 0 atom stereocenters. The Labute approximate surface area is 118 Å². The van der Waals surface area contributed by atoms with Crippen molar-refractivity contribution in [3.8, 4) is 0 Å². The summed E-state index contributed by atoms with van der Waals surface area (Å²) in [5, 5.41) is 9.09. The van der Waals surface area contributed by atoms with E-state index in [4.69, 9.17) is 9.84 Å². The van der Waals surface area contributed by atoms with Crippen molar-refractivity contribution in [3.05, 3.63) is 34.3 Å². The van der Waals surface area contributed by atoms with Gasteiger partial charge in [0, 0.05) is 25.3 Å². The third-order valence-corrected chi connectivity index (χ3v) is 4.04. The molecule has 0 aromatic carbocycles. The van der Waals surface area contributed by atoms with Gasteiger partial charge in [-0.15, -0.1) is 0 Å². The van der Waals surface area contributed by atoms with Crippen LogP contribution in [0.1, 0.15) is 34.9 Å². The highest BCUT2D eigenvalue weighted by Crippen LogP contribution is 2.30. The lowest BCUT2D eigenvalue weighted by molar-refractivity contribution is 0.0696. The Morgan fingerprint density at radius 3 is 2.84 bits per heavy atom. The smallest absolute Gasteiger partial charge is 0.337 e. The number of halogens is 1. The number of carboxylic acid groups (broad SMARTS) is 1. The summed E-state index contributed by atoms with van der Waals surface area (Å²) >= 11 is 3.44. The summed E-state index contributed by atoms with van der Waals surface area (Å²) in [6, 6.07) is 3.38. The van der Waals surface area contributed by atoms with E-state index in [2.05, 4.69) is 20.9 Å². The lowest BCUT2D eigenvalue weighted by Gasteiger charge is -2.21. The van der Waals surface area contributed by atoms with E-state index in [0.717, 1.165) is 42.0 Å². The largest absolute Gasteiger partial charge is 0.478 e. The molecule has 0 unspecified atom stereocenters. The second kappa shape index (κ2) is 4.94. The van der Waals surface area contributed by atoms with Gasteiger partial charge in [-0.05, 0) is 40.9 Å². The minimum absolute atomic E-state index is 0.269. The van der Waals surface area contributed by atoms with Crippen LogP contribution in [0.4, 0.5) is 0 Å². The topological polar surface area (TPSA) is 63.8 Å². The van der Waals surface area contributed by atoms with Crippen LogP contribution in [0, 0.1) is 0 Å². The molecule has 1 saturated heterocycles. The first kappa shape index (κ1) is 12.6. The van der Waals surface area contributed by atoms with Crippen molar-refractivity contribution in [2.24, 2.45) is 0 Å². The van der Waals surface area contributed by atoms with Crippen molar-refractivity contribution in [1.29, 1.82) is 0 Å². The summed E-state index contributed by atoms with van der Waals surface area (Å²) < 4.78 is 7.99. The predicted octanol–water partition coefficient (Wildman–Crippen LogP) is 2.69. The molecule has 1 aliphatic heterocycles. The highest BCUT2D eigenvalue weighted by Gasteiger charge is 2.22. The van der Waals surface area contributed by atoms with Crippen LogP contribution in [0.5, 0.6) is 0 Å². The van der Waals surface area contributed by atoms with Crippen molar-refractivity contribution in [1.82, 2.24) is 9.38 Å². The number of aromatic carboxylic acids is 1. The average molecular weight is 325 g/mol. The monoisotopic (exact) mass is 324 g/mol.